The second-order valence-electron chi connectivity index (χ2n) is 3.60. The Kier molecular flexibility index (Phi) is 4.85. The highest BCUT2D eigenvalue weighted by Gasteiger charge is 2.04. The predicted molar refractivity (Wildman–Crippen MR) is 60.6 cm³/mol. The van der Waals surface area contributed by atoms with E-state index in [0.717, 1.165) is 12.6 Å². The predicted octanol–water partition coefficient (Wildman–Crippen LogP) is 1.55. The summed E-state index contributed by atoms with van der Waals surface area (Å²) in [4.78, 5) is 15.1. The van der Waals surface area contributed by atoms with Crippen molar-refractivity contribution < 1.29 is 9.18 Å². The maximum atomic E-state index is 12.5. The largest absolute Gasteiger partial charge is 0.310 e. The molecule has 0 spiro atoms. The molecule has 0 aliphatic rings. The summed E-state index contributed by atoms with van der Waals surface area (Å²) in [6, 6.07) is 2.98. The van der Waals surface area contributed by atoms with Gasteiger partial charge >= 0.3 is 0 Å². The summed E-state index contributed by atoms with van der Waals surface area (Å²) in [7, 11) is 0. The lowest BCUT2D eigenvalue weighted by Crippen LogP contribution is -2.34. The molecule has 4 nitrogen and oxygen atoms in total. The van der Waals surface area contributed by atoms with Crippen molar-refractivity contribution >= 4 is 11.7 Å². The van der Waals surface area contributed by atoms with Crippen LogP contribution >= 0.6 is 0 Å². The van der Waals surface area contributed by atoms with E-state index < -0.39 is 5.82 Å². The van der Waals surface area contributed by atoms with Gasteiger partial charge in [-0.15, -0.1) is 0 Å². The van der Waals surface area contributed by atoms with Crippen molar-refractivity contribution in [3.63, 3.8) is 0 Å². The number of hydrogen-bond acceptors (Lipinski definition) is 3. The van der Waals surface area contributed by atoms with Gasteiger partial charge < -0.3 is 10.6 Å². The lowest BCUT2D eigenvalue weighted by atomic mass is 10.2. The summed E-state index contributed by atoms with van der Waals surface area (Å²) in [5.74, 6) is -0.243. The van der Waals surface area contributed by atoms with Crippen molar-refractivity contribution in [1.29, 1.82) is 0 Å². The van der Waals surface area contributed by atoms with Crippen LogP contribution in [0.4, 0.5) is 10.2 Å². The Labute approximate surface area is 94.3 Å². The summed E-state index contributed by atoms with van der Waals surface area (Å²) in [6.45, 7) is 4.27. The molecule has 1 aromatic rings. The normalized spacial score (nSPS) is 12.2. The summed E-state index contributed by atoms with van der Waals surface area (Å²) >= 11 is 0. The monoisotopic (exact) mass is 225 g/mol. The van der Waals surface area contributed by atoms with E-state index in [1.807, 2.05) is 13.8 Å². The maximum Gasteiger partial charge on any atom is 0.239 e. The highest BCUT2D eigenvalue weighted by atomic mass is 19.1. The number of carbonyl (C=O) groups is 1. The third kappa shape index (κ3) is 4.35. The molecule has 1 heterocycles. The molecule has 1 rings (SSSR count). The molecular weight excluding hydrogens is 209 g/mol. The molecule has 1 aromatic heterocycles. The zero-order chi connectivity index (χ0) is 12.0. The van der Waals surface area contributed by atoms with Crippen molar-refractivity contribution in [2.45, 2.75) is 26.3 Å². The van der Waals surface area contributed by atoms with Gasteiger partial charge in [0.05, 0.1) is 12.7 Å². The first kappa shape index (κ1) is 12.6. The smallest absolute Gasteiger partial charge is 0.239 e. The Morgan fingerprint density at radius 3 is 2.88 bits per heavy atom. The number of halogens is 1. The number of carbonyl (C=O) groups excluding carboxylic acids is 1. The molecule has 16 heavy (non-hydrogen) atoms. The molecule has 1 atom stereocenters. The van der Waals surface area contributed by atoms with E-state index in [1.54, 1.807) is 0 Å². The molecule has 0 aliphatic carbocycles. The number of anilines is 1. The first-order valence-corrected chi connectivity index (χ1v) is 5.26. The van der Waals surface area contributed by atoms with Gasteiger partial charge in [0.1, 0.15) is 11.6 Å². The maximum absolute atomic E-state index is 12.5. The molecule has 0 bridgehead atoms. The highest BCUT2D eigenvalue weighted by Crippen LogP contribution is 2.02. The molecule has 0 saturated heterocycles. The van der Waals surface area contributed by atoms with Crippen molar-refractivity contribution in [1.82, 2.24) is 10.3 Å². The van der Waals surface area contributed by atoms with Crippen LogP contribution in [0.2, 0.25) is 0 Å². The molecule has 0 aromatic carbocycles. The standard InChI is InChI=1S/C11H16FN3O/c1-3-8(2)13-7-11(16)15-10-5-4-9(12)6-14-10/h4-6,8,13H,3,7H2,1-2H3,(H,14,15,16). The number of hydrogen-bond donors (Lipinski definition) is 2. The second kappa shape index (κ2) is 6.17. The van der Waals surface area contributed by atoms with Gasteiger partial charge in [0.2, 0.25) is 5.91 Å². The fourth-order valence-corrected chi connectivity index (χ4v) is 1.05. The minimum absolute atomic E-state index is 0.181. The van der Waals surface area contributed by atoms with Gasteiger partial charge in [0.25, 0.3) is 0 Å². The van der Waals surface area contributed by atoms with Crippen molar-refractivity contribution in [2.24, 2.45) is 0 Å². The van der Waals surface area contributed by atoms with E-state index in [1.165, 1.54) is 12.1 Å². The minimum Gasteiger partial charge on any atom is -0.310 e. The van der Waals surface area contributed by atoms with Gasteiger partial charge in [-0.1, -0.05) is 6.92 Å². The lowest BCUT2D eigenvalue weighted by molar-refractivity contribution is -0.115. The van der Waals surface area contributed by atoms with Crippen LogP contribution < -0.4 is 10.6 Å². The second-order valence-corrected chi connectivity index (χ2v) is 3.60. The fraction of sp³-hybridized carbons (Fsp3) is 0.455. The number of amides is 1. The van der Waals surface area contributed by atoms with E-state index in [4.69, 9.17) is 0 Å². The van der Waals surface area contributed by atoms with E-state index >= 15 is 0 Å². The van der Waals surface area contributed by atoms with Crippen LogP contribution in [0.5, 0.6) is 0 Å². The van der Waals surface area contributed by atoms with E-state index in [0.29, 0.717) is 11.9 Å². The lowest BCUT2D eigenvalue weighted by Gasteiger charge is -2.10. The molecule has 2 N–H and O–H groups in total. The Morgan fingerprint density at radius 1 is 1.56 bits per heavy atom. The van der Waals surface area contributed by atoms with Crippen LogP contribution in [0.25, 0.3) is 0 Å². The zero-order valence-electron chi connectivity index (χ0n) is 9.46. The molecule has 1 unspecified atom stereocenters. The van der Waals surface area contributed by atoms with Gasteiger partial charge in [-0.2, -0.15) is 0 Å². The SMILES string of the molecule is CCC(C)NCC(=O)Nc1ccc(F)cn1. The summed E-state index contributed by atoms with van der Waals surface area (Å²) < 4.78 is 12.5. The fourth-order valence-electron chi connectivity index (χ4n) is 1.05. The number of nitrogens with one attached hydrogen (secondary N) is 2. The molecule has 0 saturated carbocycles. The van der Waals surface area contributed by atoms with Crippen LogP contribution in [-0.2, 0) is 4.79 Å². The van der Waals surface area contributed by atoms with Gasteiger partial charge in [-0.25, -0.2) is 9.37 Å². The molecule has 0 aliphatic heterocycles. The topological polar surface area (TPSA) is 54.0 Å². The Balaban J connectivity index is 2.37. The van der Waals surface area contributed by atoms with E-state index in [-0.39, 0.29) is 12.5 Å². The zero-order valence-corrected chi connectivity index (χ0v) is 9.46. The summed E-state index contributed by atoms with van der Waals surface area (Å²) in [5, 5.41) is 5.62. The molecule has 5 heteroatoms. The third-order valence-electron chi connectivity index (χ3n) is 2.22. The average molecular weight is 225 g/mol. The molecule has 1 amide bonds. The van der Waals surface area contributed by atoms with Crippen LogP contribution in [0.3, 0.4) is 0 Å². The Morgan fingerprint density at radius 2 is 2.31 bits per heavy atom. The first-order valence-electron chi connectivity index (χ1n) is 5.26. The van der Waals surface area contributed by atoms with Gasteiger partial charge in [0.15, 0.2) is 0 Å². The van der Waals surface area contributed by atoms with Crippen molar-refractivity contribution in [2.75, 3.05) is 11.9 Å². The van der Waals surface area contributed by atoms with Crippen LogP contribution in [-0.4, -0.2) is 23.5 Å². The number of nitrogens with zero attached hydrogens (tertiary/aromatic N) is 1. The highest BCUT2D eigenvalue weighted by molar-refractivity contribution is 5.91. The third-order valence-corrected chi connectivity index (χ3v) is 2.22. The van der Waals surface area contributed by atoms with Crippen molar-refractivity contribution in [3.05, 3.63) is 24.1 Å². The molecule has 0 radical (unpaired) electrons. The van der Waals surface area contributed by atoms with E-state index in [2.05, 4.69) is 15.6 Å². The quantitative estimate of drug-likeness (QED) is 0.799. The molecular formula is C11H16FN3O. The summed E-state index contributed by atoms with van der Waals surface area (Å²) in [5.41, 5.74) is 0. The average Bonchev–Trinajstić information content (AvgIpc) is 2.29. The Bertz CT molecular complexity index is 340. The molecule has 88 valence electrons. The first-order chi connectivity index (χ1) is 7.61. The number of rotatable bonds is 5. The Hall–Kier alpha value is -1.49. The van der Waals surface area contributed by atoms with Crippen molar-refractivity contribution in [3.8, 4) is 0 Å². The summed E-state index contributed by atoms with van der Waals surface area (Å²) in [6.07, 6.45) is 2.03. The number of aromatic nitrogens is 1. The van der Waals surface area contributed by atoms with Gasteiger partial charge in [0, 0.05) is 6.04 Å². The van der Waals surface area contributed by atoms with Gasteiger partial charge in [-0.05, 0) is 25.5 Å². The molecule has 0 fully saturated rings. The van der Waals surface area contributed by atoms with Crippen LogP contribution in [0.15, 0.2) is 18.3 Å². The number of pyridine rings is 1. The van der Waals surface area contributed by atoms with Crippen LogP contribution in [0, 0.1) is 5.82 Å². The van der Waals surface area contributed by atoms with Gasteiger partial charge in [-0.3, -0.25) is 4.79 Å². The van der Waals surface area contributed by atoms with Crippen LogP contribution in [0.1, 0.15) is 20.3 Å². The minimum atomic E-state index is -0.421. The van der Waals surface area contributed by atoms with E-state index in [9.17, 15) is 9.18 Å².